The van der Waals surface area contributed by atoms with Gasteiger partial charge in [0.05, 0.1) is 29.7 Å². The first-order valence-electron chi connectivity index (χ1n) is 10.3. The number of rotatable bonds is 7. The van der Waals surface area contributed by atoms with Gasteiger partial charge in [-0.05, 0) is 65.7 Å². The smallest absolute Gasteiger partial charge is 0.293 e. The average Bonchev–Trinajstić information content (AvgIpc) is 3.04. The molecule has 3 aromatic rings. The molecule has 1 aliphatic heterocycles. The van der Waals surface area contributed by atoms with Crippen molar-refractivity contribution in [1.29, 1.82) is 0 Å². The van der Waals surface area contributed by atoms with Crippen molar-refractivity contribution >= 4 is 51.4 Å². The van der Waals surface area contributed by atoms with Crippen LogP contribution >= 0.6 is 23.4 Å². The normalized spacial score (nSPS) is 15.1. The zero-order chi connectivity index (χ0) is 22.7. The number of hydrogen-bond acceptors (Lipinski definition) is 5. The summed E-state index contributed by atoms with van der Waals surface area (Å²) in [6, 6.07) is 17.3. The zero-order valence-corrected chi connectivity index (χ0v) is 19.3. The molecule has 3 aromatic carbocycles. The third-order valence-corrected chi connectivity index (χ3v) is 6.19. The van der Waals surface area contributed by atoms with Gasteiger partial charge in [0, 0.05) is 0 Å². The molecule has 5 nitrogen and oxygen atoms in total. The maximum absolute atomic E-state index is 13.1. The summed E-state index contributed by atoms with van der Waals surface area (Å²) in [7, 11) is 0. The number of benzene rings is 3. The van der Waals surface area contributed by atoms with Gasteiger partial charge in [0.2, 0.25) is 0 Å². The van der Waals surface area contributed by atoms with Gasteiger partial charge in [0.25, 0.3) is 11.1 Å². The standard InChI is InChI=1S/C25H22ClNO4S/c1-3-30-21-13-16(12-20(26)23(21)31-4-2)14-22-24(28)27(25(29)32-22)15-18-10-7-9-17-8-5-6-11-19(17)18/h5-14H,3-4,15H2,1-2H3/b22-14-. The number of imide groups is 1. The maximum atomic E-state index is 13.1. The fourth-order valence-electron chi connectivity index (χ4n) is 3.61. The highest BCUT2D eigenvalue weighted by atomic mass is 35.5. The molecule has 7 heteroatoms. The van der Waals surface area contributed by atoms with Crippen molar-refractivity contribution < 1.29 is 19.1 Å². The number of nitrogens with zero attached hydrogens (tertiary/aromatic N) is 1. The van der Waals surface area contributed by atoms with Gasteiger partial charge >= 0.3 is 0 Å². The molecule has 0 unspecified atom stereocenters. The maximum Gasteiger partial charge on any atom is 0.293 e. The lowest BCUT2D eigenvalue weighted by Crippen LogP contribution is -2.27. The van der Waals surface area contributed by atoms with E-state index in [1.54, 1.807) is 18.2 Å². The number of carbonyl (C=O) groups is 2. The summed E-state index contributed by atoms with van der Waals surface area (Å²) in [4.78, 5) is 27.3. The first-order valence-corrected chi connectivity index (χ1v) is 11.5. The Hall–Kier alpha value is -2.96. The molecule has 1 fully saturated rings. The predicted molar refractivity (Wildman–Crippen MR) is 129 cm³/mol. The Labute approximate surface area is 195 Å². The second kappa shape index (κ2) is 9.67. The SMILES string of the molecule is CCOc1cc(/C=C2\SC(=O)N(Cc3cccc4ccccc34)C2=O)cc(Cl)c1OCC. The molecule has 0 spiro atoms. The highest BCUT2D eigenvalue weighted by molar-refractivity contribution is 8.18. The molecular formula is C25H22ClNO4S. The Morgan fingerprint density at radius 2 is 1.75 bits per heavy atom. The molecule has 1 heterocycles. The number of fused-ring (bicyclic) bond motifs is 1. The lowest BCUT2D eigenvalue weighted by molar-refractivity contribution is -0.123. The monoisotopic (exact) mass is 467 g/mol. The van der Waals surface area contributed by atoms with E-state index in [-0.39, 0.29) is 17.7 Å². The quantitative estimate of drug-likeness (QED) is 0.370. The van der Waals surface area contributed by atoms with Crippen LogP contribution in [-0.4, -0.2) is 29.3 Å². The molecule has 0 bridgehead atoms. The summed E-state index contributed by atoms with van der Waals surface area (Å²) in [6.45, 7) is 4.85. The summed E-state index contributed by atoms with van der Waals surface area (Å²) in [6.07, 6.45) is 1.66. The Balaban J connectivity index is 1.62. The van der Waals surface area contributed by atoms with E-state index in [1.807, 2.05) is 56.3 Å². The fourth-order valence-corrected chi connectivity index (χ4v) is 4.72. The zero-order valence-electron chi connectivity index (χ0n) is 17.8. The van der Waals surface area contributed by atoms with Gasteiger partial charge in [-0.25, -0.2) is 0 Å². The van der Waals surface area contributed by atoms with Gasteiger partial charge in [0.1, 0.15) is 0 Å². The third-order valence-electron chi connectivity index (χ3n) is 5.00. The van der Waals surface area contributed by atoms with Crippen molar-refractivity contribution in [2.75, 3.05) is 13.2 Å². The van der Waals surface area contributed by atoms with E-state index in [0.717, 1.165) is 28.1 Å². The van der Waals surface area contributed by atoms with E-state index in [2.05, 4.69) is 0 Å². The van der Waals surface area contributed by atoms with E-state index in [9.17, 15) is 9.59 Å². The number of ether oxygens (including phenoxy) is 2. The van der Waals surface area contributed by atoms with Gasteiger partial charge < -0.3 is 9.47 Å². The highest BCUT2D eigenvalue weighted by Crippen LogP contribution is 2.39. The van der Waals surface area contributed by atoms with Gasteiger partial charge in [-0.1, -0.05) is 54.1 Å². The molecule has 164 valence electrons. The molecule has 0 aromatic heterocycles. The third kappa shape index (κ3) is 4.47. The number of thioether (sulfide) groups is 1. The molecule has 0 saturated carbocycles. The first kappa shape index (κ1) is 22.2. The molecule has 0 N–H and O–H groups in total. The van der Waals surface area contributed by atoms with Crippen molar-refractivity contribution in [1.82, 2.24) is 4.90 Å². The van der Waals surface area contributed by atoms with E-state index in [4.69, 9.17) is 21.1 Å². The molecule has 0 atom stereocenters. The molecule has 1 aliphatic rings. The largest absolute Gasteiger partial charge is 0.490 e. The Morgan fingerprint density at radius 3 is 2.53 bits per heavy atom. The minimum atomic E-state index is -0.323. The van der Waals surface area contributed by atoms with E-state index < -0.39 is 0 Å². The lowest BCUT2D eigenvalue weighted by atomic mass is 10.0. The summed E-state index contributed by atoms with van der Waals surface area (Å²) >= 11 is 7.31. The second-order valence-corrected chi connectivity index (χ2v) is 8.50. The average molecular weight is 468 g/mol. The van der Waals surface area contributed by atoms with Crippen molar-refractivity contribution in [3.8, 4) is 11.5 Å². The van der Waals surface area contributed by atoms with E-state index >= 15 is 0 Å². The van der Waals surface area contributed by atoms with Gasteiger partial charge in [-0.3, -0.25) is 14.5 Å². The molecule has 0 radical (unpaired) electrons. The van der Waals surface area contributed by atoms with Crippen LogP contribution in [0.15, 0.2) is 59.5 Å². The molecule has 0 aliphatic carbocycles. The van der Waals surface area contributed by atoms with Crippen LogP contribution in [0.1, 0.15) is 25.0 Å². The van der Waals surface area contributed by atoms with Crippen LogP contribution < -0.4 is 9.47 Å². The molecule has 4 rings (SSSR count). The molecule has 1 saturated heterocycles. The van der Waals surface area contributed by atoms with Crippen molar-refractivity contribution in [3.63, 3.8) is 0 Å². The van der Waals surface area contributed by atoms with E-state index in [1.165, 1.54) is 4.90 Å². The van der Waals surface area contributed by atoms with Crippen molar-refractivity contribution in [2.45, 2.75) is 20.4 Å². The van der Waals surface area contributed by atoms with Gasteiger partial charge in [0.15, 0.2) is 11.5 Å². The second-order valence-electron chi connectivity index (χ2n) is 7.10. The van der Waals surface area contributed by atoms with Crippen LogP contribution in [0.2, 0.25) is 5.02 Å². The summed E-state index contributed by atoms with van der Waals surface area (Å²) in [5, 5.41) is 2.19. The number of halogens is 1. The molecular weight excluding hydrogens is 446 g/mol. The van der Waals surface area contributed by atoms with Gasteiger partial charge in [-0.15, -0.1) is 0 Å². The minimum Gasteiger partial charge on any atom is -0.490 e. The van der Waals surface area contributed by atoms with Crippen LogP contribution in [0.3, 0.4) is 0 Å². The van der Waals surface area contributed by atoms with E-state index in [0.29, 0.717) is 40.2 Å². The van der Waals surface area contributed by atoms with Crippen molar-refractivity contribution in [2.24, 2.45) is 0 Å². The first-order chi connectivity index (χ1) is 15.5. The Kier molecular flexibility index (Phi) is 6.72. The van der Waals surface area contributed by atoms with Crippen molar-refractivity contribution in [3.05, 3.63) is 75.7 Å². The minimum absolute atomic E-state index is 0.220. The lowest BCUT2D eigenvalue weighted by Gasteiger charge is -2.14. The fraction of sp³-hybridized carbons (Fsp3) is 0.200. The summed E-state index contributed by atoms with van der Waals surface area (Å²) in [5.74, 6) is 0.649. The van der Waals surface area contributed by atoms with Crippen LogP contribution in [0.5, 0.6) is 11.5 Å². The van der Waals surface area contributed by atoms with Crippen LogP contribution in [0, 0.1) is 0 Å². The predicted octanol–water partition coefficient (Wildman–Crippen LogP) is 6.53. The molecule has 2 amide bonds. The highest BCUT2D eigenvalue weighted by Gasteiger charge is 2.35. The van der Waals surface area contributed by atoms with Gasteiger partial charge in [-0.2, -0.15) is 0 Å². The topological polar surface area (TPSA) is 55.8 Å². The van der Waals surface area contributed by atoms with Crippen LogP contribution in [0.25, 0.3) is 16.8 Å². The summed E-state index contributed by atoms with van der Waals surface area (Å²) < 4.78 is 11.2. The number of carbonyl (C=O) groups excluding carboxylic acids is 2. The summed E-state index contributed by atoms with van der Waals surface area (Å²) in [5.41, 5.74) is 1.59. The molecule has 32 heavy (non-hydrogen) atoms. The van der Waals surface area contributed by atoms with Crippen LogP contribution in [-0.2, 0) is 11.3 Å². The number of amides is 2. The number of hydrogen-bond donors (Lipinski definition) is 0. The van der Waals surface area contributed by atoms with Crippen LogP contribution in [0.4, 0.5) is 4.79 Å². The Morgan fingerprint density at radius 1 is 1.00 bits per heavy atom. The Bertz CT molecular complexity index is 1220.